The third-order valence-electron chi connectivity index (χ3n) is 4.59. The van der Waals surface area contributed by atoms with Gasteiger partial charge in [-0.2, -0.15) is 0 Å². The predicted octanol–water partition coefficient (Wildman–Crippen LogP) is 1.51. The number of carboxylic acids is 1. The molecule has 0 bridgehead atoms. The van der Waals surface area contributed by atoms with Crippen molar-refractivity contribution in [3.8, 4) is 0 Å². The van der Waals surface area contributed by atoms with E-state index in [4.69, 9.17) is 0 Å². The number of carbonyl (C=O) groups is 3. The number of amides is 2. The first-order valence-electron chi connectivity index (χ1n) is 8.03. The van der Waals surface area contributed by atoms with E-state index in [0.717, 1.165) is 5.56 Å². The summed E-state index contributed by atoms with van der Waals surface area (Å²) in [5.41, 5.74) is 1.64. The molecule has 128 valence electrons. The van der Waals surface area contributed by atoms with Crippen LogP contribution < -0.4 is 0 Å². The molecule has 0 aromatic heterocycles. The molecule has 1 saturated heterocycles. The minimum absolute atomic E-state index is 0.0670. The molecule has 2 aliphatic rings. The average Bonchev–Trinajstić information content (AvgIpc) is 3.08. The molecule has 0 saturated carbocycles. The van der Waals surface area contributed by atoms with Gasteiger partial charge < -0.3 is 14.9 Å². The van der Waals surface area contributed by atoms with Gasteiger partial charge >= 0.3 is 5.97 Å². The van der Waals surface area contributed by atoms with E-state index < -0.39 is 18.1 Å². The van der Waals surface area contributed by atoms with Gasteiger partial charge in [-0.05, 0) is 17.5 Å². The minimum atomic E-state index is -1.03. The molecule has 7 heteroatoms. The molecule has 0 aliphatic carbocycles. The van der Waals surface area contributed by atoms with Crippen molar-refractivity contribution in [2.75, 3.05) is 18.2 Å². The first-order valence-corrected chi connectivity index (χ1v) is 9.18. The Morgan fingerprint density at radius 3 is 2.71 bits per heavy atom. The fourth-order valence-electron chi connectivity index (χ4n) is 3.36. The standard InChI is InChI=1S/C17H20N2O4S/c1-2-14(20)19-10-24-9-13(19)16(21)18-8-7-11-5-3-4-6-12(11)15(18)17(22)23/h3-6,13,15H,2,7-10H2,1H3,(H,22,23). The minimum Gasteiger partial charge on any atom is -0.479 e. The Hall–Kier alpha value is -2.02. The molecule has 2 unspecified atom stereocenters. The van der Waals surface area contributed by atoms with Gasteiger partial charge in [-0.25, -0.2) is 4.79 Å². The van der Waals surface area contributed by atoms with E-state index in [1.54, 1.807) is 24.0 Å². The van der Waals surface area contributed by atoms with Crippen molar-refractivity contribution in [3.05, 3.63) is 35.4 Å². The number of carboxylic acid groups (broad SMARTS) is 1. The number of carbonyl (C=O) groups excluding carboxylic acids is 2. The van der Waals surface area contributed by atoms with E-state index >= 15 is 0 Å². The van der Waals surface area contributed by atoms with E-state index in [-0.39, 0.29) is 11.8 Å². The molecule has 0 spiro atoms. The van der Waals surface area contributed by atoms with Crippen LogP contribution in [0.2, 0.25) is 0 Å². The molecule has 2 atom stereocenters. The quantitative estimate of drug-likeness (QED) is 0.896. The SMILES string of the molecule is CCC(=O)N1CSCC1C(=O)N1CCc2ccccc2C1C(=O)O. The molecule has 1 aromatic carbocycles. The van der Waals surface area contributed by atoms with Gasteiger partial charge in [0.05, 0.1) is 5.88 Å². The van der Waals surface area contributed by atoms with Crippen LogP contribution in [0.1, 0.15) is 30.5 Å². The van der Waals surface area contributed by atoms with Crippen LogP contribution in [-0.2, 0) is 20.8 Å². The van der Waals surface area contributed by atoms with Crippen LogP contribution in [0.3, 0.4) is 0 Å². The summed E-state index contributed by atoms with van der Waals surface area (Å²) in [4.78, 5) is 39.9. The van der Waals surface area contributed by atoms with Crippen LogP contribution in [0.4, 0.5) is 0 Å². The maximum absolute atomic E-state index is 13.0. The summed E-state index contributed by atoms with van der Waals surface area (Å²) in [7, 11) is 0. The summed E-state index contributed by atoms with van der Waals surface area (Å²) < 4.78 is 0. The lowest BCUT2D eigenvalue weighted by Crippen LogP contribution is -2.53. The van der Waals surface area contributed by atoms with Crippen molar-refractivity contribution in [2.45, 2.75) is 31.8 Å². The first-order chi connectivity index (χ1) is 11.5. The zero-order chi connectivity index (χ0) is 17.3. The van der Waals surface area contributed by atoms with E-state index in [0.29, 0.717) is 36.6 Å². The van der Waals surface area contributed by atoms with Crippen LogP contribution in [0.25, 0.3) is 0 Å². The molecule has 24 heavy (non-hydrogen) atoms. The van der Waals surface area contributed by atoms with Crippen molar-refractivity contribution in [3.63, 3.8) is 0 Å². The molecule has 3 rings (SSSR count). The lowest BCUT2D eigenvalue weighted by Gasteiger charge is -2.37. The summed E-state index contributed by atoms with van der Waals surface area (Å²) in [6, 6.07) is 5.81. The lowest BCUT2D eigenvalue weighted by atomic mass is 9.92. The number of rotatable bonds is 3. The second-order valence-electron chi connectivity index (χ2n) is 5.95. The summed E-state index contributed by atoms with van der Waals surface area (Å²) in [5.74, 6) is -0.346. The third-order valence-corrected chi connectivity index (χ3v) is 5.60. The number of thioether (sulfide) groups is 1. The van der Waals surface area contributed by atoms with Gasteiger partial charge in [-0.1, -0.05) is 31.2 Å². The summed E-state index contributed by atoms with van der Waals surface area (Å²) in [5, 5.41) is 9.69. The number of aliphatic carboxylic acids is 1. The number of hydrogen-bond acceptors (Lipinski definition) is 4. The smallest absolute Gasteiger partial charge is 0.331 e. The molecule has 0 radical (unpaired) electrons. The van der Waals surface area contributed by atoms with Crippen LogP contribution in [0, 0.1) is 0 Å². The van der Waals surface area contributed by atoms with E-state index in [1.165, 1.54) is 16.7 Å². The van der Waals surface area contributed by atoms with E-state index in [9.17, 15) is 19.5 Å². The fraction of sp³-hybridized carbons (Fsp3) is 0.471. The van der Waals surface area contributed by atoms with Crippen LogP contribution in [0.5, 0.6) is 0 Å². The second-order valence-corrected chi connectivity index (χ2v) is 6.95. The summed E-state index contributed by atoms with van der Waals surface area (Å²) >= 11 is 1.53. The van der Waals surface area contributed by atoms with Gasteiger partial charge in [-0.15, -0.1) is 11.8 Å². The summed E-state index contributed by atoms with van der Waals surface area (Å²) in [6.45, 7) is 2.13. The topological polar surface area (TPSA) is 77.9 Å². The molecule has 1 aromatic rings. The molecule has 1 fully saturated rings. The fourth-order valence-corrected chi connectivity index (χ4v) is 4.53. The van der Waals surface area contributed by atoms with Gasteiger partial charge in [0.25, 0.3) is 0 Å². The zero-order valence-electron chi connectivity index (χ0n) is 13.5. The highest BCUT2D eigenvalue weighted by Crippen LogP contribution is 2.32. The second kappa shape index (κ2) is 6.84. The Morgan fingerprint density at radius 2 is 2.00 bits per heavy atom. The number of nitrogens with zero attached hydrogens (tertiary/aromatic N) is 2. The van der Waals surface area contributed by atoms with Crippen LogP contribution >= 0.6 is 11.8 Å². The number of hydrogen-bond donors (Lipinski definition) is 1. The van der Waals surface area contributed by atoms with Crippen molar-refractivity contribution in [1.29, 1.82) is 0 Å². The van der Waals surface area contributed by atoms with Crippen LogP contribution in [-0.4, -0.2) is 56.9 Å². The first kappa shape index (κ1) is 16.8. The Morgan fingerprint density at radius 1 is 1.25 bits per heavy atom. The number of fused-ring (bicyclic) bond motifs is 1. The maximum Gasteiger partial charge on any atom is 0.331 e. The molecular formula is C17H20N2O4S. The maximum atomic E-state index is 13.0. The van der Waals surface area contributed by atoms with Gasteiger partial charge in [0.1, 0.15) is 6.04 Å². The van der Waals surface area contributed by atoms with Gasteiger partial charge in [-0.3, -0.25) is 9.59 Å². The largest absolute Gasteiger partial charge is 0.479 e. The Balaban J connectivity index is 1.89. The molecule has 6 nitrogen and oxygen atoms in total. The summed E-state index contributed by atoms with van der Waals surface area (Å²) in [6.07, 6.45) is 0.975. The zero-order valence-corrected chi connectivity index (χ0v) is 14.3. The van der Waals surface area contributed by atoms with E-state index in [2.05, 4.69) is 0 Å². The van der Waals surface area contributed by atoms with Crippen molar-refractivity contribution in [2.24, 2.45) is 0 Å². The molecule has 2 heterocycles. The monoisotopic (exact) mass is 348 g/mol. The van der Waals surface area contributed by atoms with Gasteiger partial charge in [0.2, 0.25) is 11.8 Å². The third kappa shape index (κ3) is 2.88. The highest BCUT2D eigenvalue weighted by molar-refractivity contribution is 7.99. The van der Waals surface area contributed by atoms with Crippen molar-refractivity contribution in [1.82, 2.24) is 9.80 Å². The van der Waals surface area contributed by atoms with Crippen molar-refractivity contribution < 1.29 is 19.5 Å². The van der Waals surface area contributed by atoms with Crippen molar-refractivity contribution >= 4 is 29.5 Å². The normalized spacial score (nSPS) is 23.0. The molecule has 1 N–H and O–H groups in total. The highest BCUT2D eigenvalue weighted by atomic mass is 32.2. The average molecular weight is 348 g/mol. The highest BCUT2D eigenvalue weighted by Gasteiger charge is 2.42. The van der Waals surface area contributed by atoms with Crippen LogP contribution in [0.15, 0.2) is 24.3 Å². The molecule has 2 amide bonds. The number of benzene rings is 1. The Kier molecular flexibility index (Phi) is 4.80. The predicted molar refractivity (Wildman–Crippen MR) is 90.5 cm³/mol. The van der Waals surface area contributed by atoms with Gasteiger partial charge in [0, 0.05) is 18.7 Å². The molecular weight excluding hydrogens is 328 g/mol. The molecule has 2 aliphatic heterocycles. The van der Waals surface area contributed by atoms with E-state index in [1.807, 2.05) is 12.1 Å². The Labute approximate surface area is 144 Å². The Bertz CT molecular complexity index is 678. The van der Waals surface area contributed by atoms with Gasteiger partial charge in [0.15, 0.2) is 6.04 Å². The lowest BCUT2D eigenvalue weighted by molar-refractivity contribution is -0.154.